The van der Waals surface area contributed by atoms with Gasteiger partial charge in [0.05, 0.1) is 23.2 Å². The molecular formula is C14H23Cl2N3O5S2. The lowest BCUT2D eigenvalue weighted by atomic mass is 10.2. The van der Waals surface area contributed by atoms with Crippen LogP contribution < -0.4 is 9.03 Å². The number of hydrogen-bond donors (Lipinski definition) is 1. The first-order valence-electron chi connectivity index (χ1n) is 7.27. The molecule has 0 unspecified atom stereocenters. The molecule has 1 N–H and O–H groups in total. The molecule has 0 aliphatic carbocycles. The molecule has 1 rings (SSSR count). The molecular weight excluding hydrogens is 425 g/mol. The van der Waals surface area contributed by atoms with E-state index in [2.05, 4.69) is 5.32 Å². The minimum absolute atomic E-state index is 0. The van der Waals surface area contributed by atoms with Gasteiger partial charge in [0.2, 0.25) is 20.0 Å². The van der Waals surface area contributed by atoms with Crippen molar-refractivity contribution in [3.8, 4) is 0 Å². The first kappa shape index (κ1) is 24.9. The third-order valence-electron chi connectivity index (χ3n) is 3.08. The zero-order chi connectivity index (χ0) is 19.4. The molecule has 0 heterocycles. The van der Waals surface area contributed by atoms with Gasteiger partial charge < -0.3 is 10.2 Å². The number of nitrogens with zero attached hydrogens (tertiary/aromatic N) is 2. The lowest BCUT2D eigenvalue weighted by molar-refractivity contribution is 0.0952. The second-order valence-electron chi connectivity index (χ2n) is 5.80. The number of amides is 1. The van der Waals surface area contributed by atoms with Gasteiger partial charge >= 0.3 is 0 Å². The monoisotopic (exact) mass is 447 g/mol. The molecule has 0 aliphatic heterocycles. The number of carbonyl (C=O) groups excluding carboxylic acids is 1. The fourth-order valence-corrected chi connectivity index (χ4v) is 5.38. The van der Waals surface area contributed by atoms with Gasteiger partial charge in [-0.1, -0.05) is 11.6 Å². The van der Waals surface area contributed by atoms with Gasteiger partial charge in [0.25, 0.3) is 5.91 Å². The molecule has 0 aliphatic rings. The summed E-state index contributed by atoms with van der Waals surface area (Å²) in [5.41, 5.74) is -0.172. The Hall–Kier alpha value is -1.07. The highest BCUT2D eigenvalue weighted by molar-refractivity contribution is 8.09. The second-order valence-corrected chi connectivity index (χ2v) is 10.1. The number of nitrogens with one attached hydrogen (secondary N) is 1. The summed E-state index contributed by atoms with van der Waals surface area (Å²) >= 11 is 5.96. The van der Waals surface area contributed by atoms with E-state index in [1.165, 1.54) is 12.1 Å². The summed E-state index contributed by atoms with van der Waals surface area (Å²) in [4.78, 5) is 14.2. The summed E-state index contributed by atoms with van der Waals surface area (Å²) in [5, 5.41) is 2.59. The summed E-state index contributed by atoms with van der Waals surface area (Å²) in [7, 11) is -4.46. The van der Waals surface area contributed by atoms with Crippen LogP contribution in [0.1, 0.15) is 16.8 Å². The number of halogens is 2. The van der Waals surface area contributed by atoms with Crippen molar-refractivity contribution in [3.05, 3.63) is 28.8 Å². The summed E-state index contributed by atoms with van der Waals surface area (Å²) in [6, 6.07) is 3.83. The molecule has 0 spiro atoms. The van der Waals surface area contributed by atoms with Crippen molar-refractivity contribution in [2.24, 2.45) is 0 Å². The Labute approximate surface area is 166 Å². The van der Waals surface area contributed by atoms with Gasteiger partial charge in [0.1, 0.15) is 0 Å². The molecule has 1 aromatic carbocycles. The predicted octanol–water partition coefficient (Wildman–Crippen LogP) is 1.17. The highest BCUT2D eigenvalue weighted by Crippen LogP contribution is 2.30. The fraction of sp³-hybridized carbons (Fsp3) is 0.500. The van der Waals surface area contributed by atoms with Gasteiger partial charge in [-0.3, -0.25) is 4.79 Å². The SMILES string of the molecule is CN(C)CCCNC(=O)c1ccc(Cl)c(N(S(C)(=O)=O)S(C)(=O)=O)c1.Cl. The van der Waals surface area contributed by atoms with Crippen LogP contribution in [0.2, 0.25) is 5.02 Å². The lowest BCUT2D eigenvalue weighted by Gasteiger charge is -2.21. The topological polar surface area (TPSA) is 104 Å². The fourth-order valence-electron chi connectivity index (χ4n) is 2.10. The van der Waals surface area contributed by atoms with Crippen LogP contribution >= 0.6 is 24.0 Å². The van der Waals surface area contributed by atoms with E-state index in [1.54, 1.807) is 0 Å². The molecule has 12 heteroatoms. The smallest absolute Gasteiger partial charge is 0.251 e. The molecule has 0 aromatic heterocycles. The normalized spacial score (nSPS) is 11.8. The zero-order valence-corrected chi connectivity index (χ0v) is 18.1. The molecule has 0 atom stereocenters. The molecule has 0 bridgehead atoms. The van der Waals surface area contributed by atoms with E-state index < -0.39 is 26.0 Å². The van der Waals surface area contributed by atoms with Gasteiger partial charge in [0.15, 0.2) is 0 Å². The Bertz CT molecular complexity index is 810. The molecule has 1 aromatic rings. The summed E-state index contributed by atoms with van der Waals surface area (Å²) in [5.74, 6) is -0.446. The Kier molecular flexibility index (Phi) is 9.35. The Balaban J connectivity index is 0.00000625. The van der Waals surface area contributed by atoms with Crippen molar-refractivity contribution in [2.45, 2.75) is 6.42 Å². The van der Waals surface area contributed by atoms with E-state index in [1.807, 2.05) is 19.0 Å². The van der Waals surface area contributed by atoms with Gasteiger partial charge in [0, 0.05) is 12.1 Å². The van der Waals surface area contributed by atoms with Crippen LogP contribution in [0.25, 0.3) is 0 Å². The van der Waals surface area contributed by atoms with Gasteiger partial charge in [-0.25, -0.2) is 16.8 Å². The van der Waals surface area contributed by atoms with Crippen LogP contribution in [0.15, 0.2) is 18.2 Å². The van der Waals surface area contributed by atoms with E-state index in [9.17, 15) is 21.6 Å². The van der Waals surface area contributed by atoms with Crippen molar-refractivity contribution in [1.29, 1.82) is 0 Å². The predicted molar refractivity (Wildman–Crippen MR) is 106 cm³/mol. The highest BCUT2D eigenvalue weighted by Gasteiger charge is 2.29. The number of benzene rings is 1. The van der Waals surface area contributed by atoms with Crippen LogP contribution in [0.3, 0.4) is 0 Å². The van der Waals surface area contributed by atoms with E-state index in [0.717, 1.165) is 31.5 Å². The average Bonchev–Trinajstić information content (AvgIpc) is 2.42. The molecule has 0 saturated heterocycles. The molecule has 1 amide bonds. The molecule has 8 nitrogen and oxygen atoms in total. The third kappa shape index (κ3) is 7.28. The van der Waals surface area contributed by atoms with Crippen molar-refractivity contribution < 1.29 is 21.6 Å². The summed E-state index contributed by atoms with van der Waals surface area (Å²) in [6.45, 7) is 1.22. The number of anilines is 1. The maximum Gasteiger partial charge on any atom is 0.251 e. The maximum atomic E-state index is 12.2. The molecule has 0 fully saturated rings. The summed E-state index contributed by atoms with van der Waals surface area (Å²) < 4.78 is 47.7. The first-order chi connectivity index (χ1) is 11.3. The third-order valence-corrected chi connectivity index (χ3v) is 6.62. The minimum atomic E-state index is -4.15. The number of carbonyl (C=O) groups is 1. The van der Waals surface area contributed by atoms with Gasteiger partial charge in [-0.05, 0) is 45.3 Å². The van der Waals surface area contributed by atoms with E-state index in [-0.39, 0.29) is 32.4 Å². The van der Waals surface area contributed by atoms with Crippen molar-refractivity contribution in [1.82, 2.24) is 10.2 Å². The highest BCUT2D eigenvalue weighted by atomic mass is 35.5. The standard InChI is InChI=1S/C14H22ClN3O5S2.ClH/c1-17(2)9-5-8-16-14(19)11-6-7-12(15)13(10-11)18(24(3,20)21)25(4,22)23;/h6-7,10H,5,8-9H2,1-4H3,(H,16,19);1H. The van der Waals surface area contributed by atoms with E-state index >= 15 is 0 Å². The van der Waals surface area contributed by atoms with Crippen LogP contribution in [0.5, 0.6) is 0 Å². The van der Waals surface area contributed by atoms with Crippen LogP contribution in [0.4, 0.5) is 5.69 Å². The van der Waals surface area contributed by atoms with Crippen LogP contribution in [-0.2, 0) is 20.0 Å². The zero-order valence-electron chi connectivity index (χ0n) is 14.9. The van der Waals surface area contributed by atoms with Gasteiger partial charge in [-0.2, -0.15) is 3.71 Å². The Morgan fingerprint density at radius 1 is 1.12 bits per heavy atom. The minimum Gasteiger partial charge on any atom is -0.352 e. The van der Waals surface area contributed by atoms with Crippen LogP contribution in [-0.4, -0.2) is 67.3 Å². The molecule has 150 valence electrons. The van der Waals surface area contributed by atoms with Crippen molar-refractivity contribution in [2.75, 3.05) is 43.4 Å². The largest absolute Gasteiger partial charge is 0.352 e. The quantitative estimate of drug-likeness (QED) is 0.599. The van der Waals surface area contributed by atoms with Crippen molar-refractivity contribution >= 4 is 55.6 Å². The Morgan fingerprint density at radius 2 is 1.65 bits per heavy atom. The summed E-state index contributed by atoms with van der Waals surface area (Å²) in [6.07, 6.45) is 2.23. The molecule has 0 saturated carbocycles. The van der Waals surface area contributed by atoms with E-state index in [0.29, 0.717) is 6.54 Å². The first-order valence-corrected chi connectivity index (χ1v) is 11.3. The van der Waals surface area contributed by atoms with Gasteiger partial charge in [-0.15, -0.1) is 12.4 Å². The van der Waals surface area contributed by atoms with Crippen LogP contribution in [0, 0.1) is 0 Å². The number of hydrogen-bond acceptors (Lipinski definition) is 6. The van der Waals surface area contributed by atoms with Crippen molar-refractivity contribution in [3.63, 3.8) is 0 Å². The maximum absolute atomic E-state index is 12.2. The second kappa shape index (κ2) is 9.75. The lowest BCUT2D eigenvalue weighted by Crippen LogP contribution is -2.35. The average molecular weight is 448 g/mol. The number of sulfonamides is 2. The molecule has 26 heavy (non-hydrogen) atoms. The van der Waals surface area contributed by atoms with E-state index in [4.69, 9.17) is 11.6 Å². The number of rotatable bonds is 8. The Morgan fingerprint density at radius 3 is 2.12 bits per heavy atom. The molecule has 0 radical (unpaired) electrons.